The smallest absolute Gasteiger partial charge is 0.118 e. The predicted molar refractivity (Wildman–Crippen MR) is 99.4 cm³/mol. The highest BCUT2D eigenvalue weighted by atomic mass is 16.5. The summed E-state index contributed by atoms with van der Waals surface area (Å²) in [7, 11) is 1.69. The van der Waals surface area contributed by atoms with Crippen molar-refractivity contribution in [1.82, 2.24) is 14.7 Å². The molecule has 0 radical (unpaired) electrons. The van der Waals surface area contributed by atoms with E-state index in [4.69, 9.17) is 9.47 Å². The zero-order chi connectivity index (χ0) is 17.6. The van der Waals surface area contributed by atoms with Gasteiger partial charge in [-0.1, -0.05) is 18.7 Å². The van der Waals surface area contributed by atoms with Crippen LogP contribution in [0.2, 0.25) is 0 Å². The van der Waals surface area contributed by atoms with Crippen molar-refractivity contribution < 1.29 is 9.47 Å². The van der Waals surface area contributed by atoms with Crippen LogP contribution in [0, 0.1) is 6.92 Å². The predicted octanol–water partition coefficient (Wildman–Crippen LogP) is 3.48. The van der Waals surface area contributed by atoms with E-state index in [-0.39, 0.29) is 0 Å². The summed E-state index contributed by atoms with van der Waals surface area (Å²) in [5.74, 6) is 0.887. The van der Waals surface area contributed by atoms with Crippen molar-refractivity contribution >= 4 is 6.20 Å². The Bertz CT molecular complexity index is 687. The van der Waals surface area contributed by atoms with E-state index < -0.39 is 0 Å². The maximum atomic E-state index is 5.85. The van der Waals surface area contributed by atoms with Gasteiger partial charge in [-0.05, 0) is 37.5 Å². The largest absolute Gasteiger partial charge is 0.497 e. The number of aryl methyl sites for hydroxylation is 1. The maximum absolute atomic E-state index is 5.85. The monoisotopic (exact) mass is 341 g/mol. The van der Waals surface area contributed by atoms with Gasteiger partial charge in [-0.15, -0.1) is 0 Å². The minimum absolute atomic E-state index is 0.327. The van der Waals surface area contributed by atoms with Crippen LogP contribution in [-0.4, -0.2) is 41.0 Å². The van der Waals surface area contributed by atoms with Crippen LogP contribution in [0.15, 0.2) is 37.0 Å². The first kappa shape index (κ1) is 17.7. The highest BCUT2D eigenvalue weighted by molar-refractivity contribution is 5.27. The third-order valence-corrected chi connectivity index (χ3v) is 4.65. The number of nitrogens with zero attached hydrogens (tertiary/aromatic N) is 3. The van der Waals surface area contributed by atoms with Crippen LogP contribution in [0.4, 0.5) is 0 Å². The Morgan fingerprint density at radius 2 is 2.16 bits per heavy atom. The van der Waals surface area contributed by atoms with Gasteiger partial charge in [0, 0.05) is 44.2 Å². The third kappa shape index (κ3) is 4.71. The first-order valence-electron chi connectivity index (χ1n) is 8.82. The second kappa shape index (κ2) is 8.32. The molecule has 1 saturated heterocycles. The number of hydrogen-bond donors (Lipinski definition) is 0. The van der Waals surface area contributed by atoms with Gasteiger partial charge in [0.25, 0.3) is 0 Å². The molecular weight excluding hydrogens is 314 g/mol. The molecule has 0 bridgehead atoms. The molecule has 0 saturated carbocycles. The van der Waals surface area contributed by atoms with E-state index in [1.165, 1.54) is 11.1 Å². The Balaban J connectivity index is 1.73. The summed E-state index contributed by atoms with van der Waals surface area (Å²) >= 11 is 0. The summed E-state index contributed by atoms with van der Waals surface area (Å²) in [6, 6.07) is 8.28. The molecule has 1 aliphatic rings. The molecule has 1 aliphatic heterocycles. The molecule has 1 aromatic carbocycles. The second-order valence-electron chi connectivity index (χ2n) is 6.56. The summed E-state index contributed by atoms with van der Waals surface area (Å²) in [5.41, 5.74) is 3.55. The van der Waals surface area contributed by atoms with Crippen LogP contribution in [-0.2, 0) is 17.8 Å². The quantitative estimate of drug-likeness (QED) is 0.737. The highest BCUT2D eigenvalue weighted by Gasteiger charge is 2.20. The van der Waals surface area contributed by atoms with Gasteiger partial charge < -0.3 is 9.47 Å². The van der Waals surface area contributed by atoms with Crippen molar-refractivity contribution in [1.29, 1.82) is 0 Å². The SMILES string of the molecule is C=Cn1cc(CN(Cc2ccc(OC)cc2)CC2CCCO2)c(C)n1. The lowest BCUT2D eigenvalue weighted by Crippen LogP contribution is -2.31. The van der Waals surface area contributed by atoms with E-state index in [0.29, 0.717) is 6.10 Å². The summed E-state index contributed by atoms with van der Waals surface area (Å²) in [4.78, 5) is 2.44. The Morgan fingerprint density at radius 3 is 2.76 bits per heavy atom. The Kier molecular flexibility index (Phi) is 5.89. The fraction of sp³-hybridized carbons (Fsp3) is 0.450. The highest BCUT2D eigenvalue weighted by Crippen LogP contribution is 2.19. The van der Waals surface area contributed by atoms with Crippen LogP contribution in [0.1, 0.15) is 29.7 Å². The van der Waals surface area contributed by atoms with Crippen molar-refractivity contribution in [2.24, 2.45) is 0 Å². The van der Waals surface area contributed by atoms with Gasteiger partial charge in [-0.2, -0.15) is 5.10 Å². The van der Waals surface area contributed by atoms with E-state index in [0.717, 1.165) is 50.5 Å². The summed E-state index contributed by atoms with van der Waals surface area (Å²) in [6.07, 6.45) is 6.41. The average Bonchev–Trinajstić information content (AvgIpc) is 3.25. The van der Waals surface area contributed by atoms with E-state index in [9.17, 15) is 0 Å². The van der Waals surface area contributed by atoms with Crippen molar-refractivity contribution in [3.8, 4) is 5.75 Å². The Hall–Kier alpha value is -2.11. The molecule has 25 heavy (non-hydrogen) atoms. The standard InChI is InChI=1S/C20H27N3O2/c1-4-23-14-18(16(2)21-23)13-22(15-20-6-5-11-25-20)12-17-7-9-19(24-3)10-8-17/h4,7-10,14,20H,1,5-6,11-13,15H2,2-3H3. The molecule has 0 aliphatic carbocycles. The van der Waals surface area contributed by atoms with Gasteiger partial charge in [-0.25, -0.2) is 4.68 Å². The van der Waals surface area contributed by atoms with Crippen molar-refractivity contribution in [2.45, 2.75) is 39.0 Å². The second-order valence-corrected chi connectivity index (χ2v) is 6.56. The van der Waals surface area contributed by atoms with E-state index >= 15 is 0 Å². The van der Waals surface area contributed by atoms with Crippen molar-refractivity contribution in [3.05, 3.63) is 53.9 Å². The summed E-state index contributed by atoms with van der Waals surface area (Å²) < 4.78 is 12.9. The zero-order valence-corrected chi connectivity index (χ0v) is 15.1. The number of rotatable bonds is 8. The van der Waals surface area contributed by atoms with Gasteiger partial charge in [0.05, 0.1) is 18.9 Å². The molecule has 0 N–H and O–H groups in total. The number of benzene rings is 1. The number of aromatic nitrogens is 2. The van der Waals surface area contributed by atoms with Gasteiger partial charge in [-0.3, -0.25) is 4.90 Å². The molecule has 1 fully saturated rings. The molecule has 134 valence electrons. The van der Waals surface area contributed by atoms with Gasteiger partial charge in [0.15, 0.2) is 0 Å². The van der Waals surface area contributed by atoms with E-state index in [1.54, 1.807) is 18.0 Å². The molecule has 1 atom stereocenters. The fourth-order valence-electron chi connectivity index (χ4n) is 3.26. The van der Waals surface area contributed by atoms with Crippen LogP contribution < -0.4 is 4.74 Å². The lowest BCUT2D eigenvalue weighted by atomic mass is 10.1. The van der Waals surface area contributed by atoms with Crippen LogP contribution in [0.25, 0.3) is 6.20 Å². The van der Waals surface area contributed by atoms with E-state index in [1.807, 2.05) is 19.1 Å². The summed E-state index contributed by atoms with van der Waals surface area (Å²) in [6.45, 7) is 9.38. The lowest BCUT2D eigenvalue weighted by Gasteiger charge is -2.25. The molecule has 5 nitrogen and oxygen atoms in total. The minimum Gasteiger partial charge on any atom is -0.497 e. The molecule has 5 heteroatoms. The molecule has 2 heterocycles. The third-order valence-electron chi connectivity index (χ3n) is 4.65. The first-order valence-corrected chi connectivity index (χ1v) is 8.82. The Labute approximate surface area is 149 Å². The fourth-order valence-corrected chi connectivity index (χ4v) is 3.26. The first-order chi connectivity index (χ1) is 12.2. The molecule has 1 unspecified atom stereocenters. The molecule has 2 aromatic rings. The van der Waals surface area contributed by atoms with Crippen LogP contribution in [0.3, 0.4) is 0 Å². The topological polar surface area (TPSA) is 39.5 Å². The van der Waals surface area contributed by atoms with Gasteiger partial charge in [0.2, 0.25) is 0 Å². The number of hydrogen-bond acceptors (Lipinski definition) is 4. The molecule has 1 aromatic heterocycles. The molecular formula is C20H27N3O2. The summed E-state index contributed by atoms with van der Waals surface area (Å²) in [5, 5.41) is 4.47. The maximum Gasteiger partial charge on any atom is 0.118 e. The lowest BCUT2D eigenvalue weighted by molar-refractivity contribution is 0.0678. The molecule has 0 spiro atoms. The van der Waals surface area contributed by atoms with E-state index in [2.05, 4.69) is 34.9 Å². The van der Waals surface area contributed by atoms with Crippen LogP contribution in [0.5, 0.6) is 5.75 Å². The normalized spacial score (nSPS) is 17.2. The number of methoxy groups -OCH3 is 1. The zero-order valence-electron chi connectivity index (χ0n) is 15.1. The van der Waals surface area contributed by atoms with Crippen molar-refractivity contribution in [2.75, 3.05) is 20.3 Å². The van der Waals surface area contributed by atoms with Gasteiger partial charge in [0.1, 0.15) is 5.75 Å². The average molecular weight is 341 g/mol. The van der Waals surface area contributed by atoms with Gasteiger partial charge >= 0.3 is 0 Å². The Morgan fingerprint density at radius 1 is 1.36 bits per heavy atom. The molecule has 3 rings (SSSR count). The molecule has 0 amide bonds. The van der Waals surface area contributed by atoms with Crippen molar-refractivity contribution in [3.63, 3.8) is 0 Å². The number of ether oxygens (including phenoxy) is 2. The van der Waals surface area contributed by atoms with Crippen LogP contribution >= 0.6 is 0 Å². The minimum atomic E-state index is 0.327.